The number of phenols is 1. The average molecular weight is 196 g/mol. The first kappa shape index (κ1) is 10.5. The zero-order valence-electron chi connectivity index (χ0n) is 8.02. The van der Waals surface area contributed by atoms with Crippen LogP contribution in [0, 0.1) is 0 Å². The van der Waals surface area contributed by atoms with E-state index in [4.69, 9.17) is 5.11 Å². The maximum absolute atomic E-state index is 11.2. The SMILES string of the molecule is COC(=O)[C@](C)(O)c1ccc(O)cc1. The summed E-state index contributed by atoms with van der Waals surface area (Å²) in [4.78, 5) is 11.2. The van der Waals surface area contributed by atoms with Gasteiger partial charge in [-0.1, -0.05) is 12.1 Å². The van der Waals surface area contributed by atoms with Gasteiger partial charge in [0.1, 0.15) is 5.75 Å². The van der Waals surface area contributed by atoms with Gasteiger partial charge in [0.05, 0.1) is 7.11 Å². The fourth-order valence-electron chi connectivity index (χ4n) is 1.10. The quantitative estimate of drug-likeness (QED) is 0.686. The number of hydrogen-bond donors (Lipinski definition) is 2. The molecular weight excluding hydrogens is 184 g/mol. The Balaban J connectivity index is 3.03. The Labute approximate surface area is 81.8 Å². The molecule has 0 aromatic heterocycles. The Morgan fingerprint density at radius 1 is 1.36 bits per heavy atom. The Kier molecular flexibility index (Phi) is 2.76. The van der Waals surface area contributed by atoms with Crippen molar-refractivity contribution in [3.8, 4) is 5.75 Å². The Bertz CT molecular complexity index is 326. The molecule has 1 aromatic carbocycles. The van der Waals surface area contributed by atoms with Gasteiger partial charge >= 0.3 is 5.97 Å². The molecule has 0 fully saturated rings. The molecule has 2 N–H and O–H groups in total. The van der Waals surface area contributed by atoms with E-state index in [1.165, 1.54) is 38.3 Å². The molecule has 1 atom stereocenters. The van der Waals surface area contributed by atoms with E-state index in [0.717, 1.165) is 0 Å². The monoisotopic (exact) mass is 196 g/mol. The molecule has 0 radical (unpaired) electrons. The Morgan fingerprint density at radius 3 is 2.29 bits per heavy atom. The van der Waals surface area contributed by atoms with Gasteiger partial charge < -0.3 is 14.9 Å². The van der Waals surface area contributed by atoms with Crippen molar-refractivity contribution in [3.05, 3.63) is 29.8 Å². The Morgan fingerprint density at radius 2 is 1.86 bits per heavy atom. The van der Waals surface area contributed by atoms with Crippen molar-refractivity contribution in [1.29, 1.82) is 0 Å². The molecule has 0 bridgehead atoms. The smallest absolute Gasteiger partial charge is 0.342 e. The van der Waals surface area contributed by atoms with Crippen LogP contribution in [0.25, 0.3) is 0 Å². The zero-order valence-corrected chi connectivity index (χ0v) is 8.02. The number of phenolic OH excluding ortho intramolecular Hbond substituents is 1. The number of carbonyl (C=O) groups excluding carboxylic acids is 1. The minimum atomic E-state index is -1.68. The fraction of sp³-hybridized carbons (Fsp3) is 0.300. The van der Waals surface area contributed by atoms with Crippen molar-refractivity contribution in [3.63, 3.8) is 0 Å². The predicted molar refractivity (Wildman–Crippen MR) is 49.7 cm³/mol. The van der Waals surface area contributed by atoms with Crippen LogP contribution in [-0.4, -0.2) is 23.3 Å². The van der Waals surface area contributed by atoms with E-state index in [1.54, 1.807) is 0 Å². The van der Waals surface area contributed by atoms with Gasteiger partial charge in [-0.3, -0.25) is 0 Å². The topological polar surface area (TPSA) is 66.8 Å². The molecule has 4 nitrogen and oxygen atoms in total. The normalized spacial score (nSPS) is 14.5. The number of carbonyl (C=O) groups is 1. The molecule has 0 spiro atoms. The van der Waals surface area contributed by atoms with Gasteiger partial charge in [-0.2, -0.15) is 0 Å². The van der Waals surface area contributed by atoms with Crippen molar-refractivity contribution < 1.29 is 19.7 Å². The molecule has 76 valence electrons. The zero-order chi connectivity index (χ0) is 10.8. The van der Waals surface area contributed by atoms with Crippen LogP contribution in [-0.2, 0) is 15.1 Å². The largest absolute Gasteiger partial charge is 0.508 e. The first-order chi connectivity index (χ1) is 6.48. The Hall–Kier alpha value is -1.55. The van der Waals surface area contributed by atoms with E-state index in [1.807, 2.05) is 0 Å². The van der Waals surface area contributed by atoms with E-state index < -0.39 is 11.6 Å². The molecule has 1 aromatic rings. The maximum atomic E-state index is 11.2. The second-order valence-corrected chi connectivity index (χ2v) is 3.11. The molecule has 0 saturated heterocycles. The molecule has 0 aliphatic carbocycles. The minimum Gasteiger partial charge on any atom is -0.508 e. The number of esters is 1. The number of ether oxygens (including phenoxy) is 1. The van der Waals surface area contributed by atoms with Crippen LogP contribution < -0.4 is 0 Å². The summed E-state index contributed by atoms with van der Waals surface area (Å²) in [5.41, 5.74) is -1.30. The molecule has 1 rings (SSSR count). The standard InChI is InChI=1S/C10H12O4/c1-10(13,9(12)14-2)7-3-5-8(11)6-4-7/h3-6,11,13H,1-2H3/t10-/m1/s1. The van der Waals surface area contributed by atoms with Crippen LogP contribution in [0.3, 0.4) is 0 Å². The van der Waals surface area contributed by atoms with Crippen LogP contribution in [0.4, 0.5) is 0 Å². The molecule has 0 heterocycles. The third-order valence-corrected chi connectivity index (χ3v) is 2.01. The maximum Gasteiger partial charge on any atom is 0.342 e. The highest BCUT2D eigenvalue weighted by atomic mass is 16.5. The fourth-order valence-corrected chi connectivity index (χ4v) is 1.10. The second-order valence-electron chi connectivity index (χ2n) is 3.11. The van der Waals surface area contributed by atoms with Gasteiger partial charge in [-0.15, -0.1) is 0 Å². The number of rotatable bonds is 2. The summed E-state index contributed by atoms with van der Waals surface area (Å²) in [7, 11) is 1.21. The summed E-state index contributed by atoms with van der Waals surface area (Å²) in [5.74, 6) is -0.655. The van der Waals surface area contributed by atoms with Gasteiger partial charge in [0, 0.05) is 0 Å². The first-order valence-corrected chi connectivity index (χ1v) is 4.09. The summed E-state index contributed by atoms with van der Waals surface area (Å²) >= 11 is 0. The van der Waals surface area contributed by atoms with Crippen molar-refractivity contribution in [2.75, 3.05) is 7.11 Å². The summed E-state index contributed by atoms with van der Waals surface area (Å²) < 4.78 is 4.45. The van der Waals surface area contributed by atoms with Crippen molar-refractivity contribution in [2.24, 2.45) is 0 Å². The lowest BCUT2D eigenvalue weighted by molar-refractivity contribution is -0.161. The van der Waals surface area contributed by atoms with Crippen LogP contribution in [0.15, 0.2) is 24.3 Å². The molecule has 0 amide bonds. The highest BCUT2D eigenvalue weighted by Crippen LogP contribution is 2.23. The lowest BCUT2D eigenvalue weighted by Gasteiger charge is -2.20. The molecule has 0 aliphatic heterocycles. The molecule has 0 aliphatic rings. The lowest BCUT2D eigenvalue weighted by Crippen LogP contribution is -2.33. The van der Waals surface area contributed by atoms with E-state index in [0.29, 0.717) is 5.56 Å². The van der Waals surface area contributed by atoms with E-state index in [-0.39, 0.29) is 5.75 Å². The number of aliphatic hydroxyl groups is 1. The lowest BCUT2D eigenvalue weighted by atomic mass is 9.96. The third kappa shape index (κ3) is 1.85. The van der Waals surface area contributed by atoms with Crippen LogP contribution in [0.2, 0.25) is 0 Å². The molecule has 4 heteroatoms. The minimum absolute atomic E-state index is 0.0782. The van der Waals surface area contributed by atoms with Gasteiger partial charge in [0.2, 0.25) is 0 Å². The summed E-state index contributed by atoms with van der Waals surface area (Å²) in [6.07, 6.45) is 0. The summed E-state index contributed by atoms with van der Waals surface area (Å²) in [6, 6.07) is 5.72. The molecule has 0 saturated carbocycles. The molecule has 0 unspecified atom stereocenters. The highest BCUT2D eigenvalue weighted by molar-refractivity contribution is 5.80. The third-order valence-electron chi connectivity index (χ3n) is 2.01. The van der Waals surface area contributed by atoms with E-state index in [9.17, 15) is 9.90 Å². The number of benzene rings is 1. The molecule has 14 heavy (non-hydrogen) atoms. The van der Waals surface area contributed by atoms with Crippen LogP contribution in [0.5, 0.6) is 5.75 Å². The predicted octanol–water partition coefficient (Wildman–Crippen LogP) is 0.773. The number of aromatic hydroxyl groups is 1. The van der Waals surface area contributed by atoms with Crippen molar-refractivity contribution in [2.45, 2.75) is 12.5 Å². The van der Waals surface area contributed by atoms with Crippen molar-refractivity contribution in [1.82, 2.24) is 0 Å². The van der Waals surface area contributed by atoms with Gasteiger partial charge in [0.15, 0.2) is 5.60 Å². The second kappa shape index (κ2) is 3.67. The summed E-state index contributed by atoms with van der Waals surface area (Å²) in [6.45, 7) is 1.34. The van der Waals surface area contributed by atoms with Crippen molar-refractivity contribution >= 4 is 5.97 Å². The first-order valence-electron chi connectivity index (χ1n) is 4.09. The van der Waals surface area contributed by atoms with E-state index in [2.05, 4.69) is 4.74 Å². The van der Waals surface area contributed by atoms with Gasteiger partial charge in [0.25, 0.3) is 0 Å². The average Bonchev–Trinajstić information content (AvgIpc) is 2.17. The number of methoxy groups -OCH3 is 1. The van der Waals surface area contributed by atoms with Crippen LogP contribution in [0.1, 0.15) is 12.5 Å². The van der Waals surface area contributed by atoms with Gasteiger partial charge in [-0.25, -0.2) is 4.79 Å². The van der Waals surface area contributed by atoms with Gasteiger partial charge in [-0.05, 0) is 24.6 Å². The molecular formula is C10H12O4. The highest BCUT2D eigenvalue weighted by Gasteiger charge is 2.33. The van der Waals surface area contributed by atoms with Crippen LogP contribution >= 0.6 is 0 Å². The summed E-state index contributed by atoms with van der Waals surface area (Å²) in [5, 5.41) is 18.8. The number of hydrogen-bond acceptors (Lipinski definition) is 4. The van der Waals surface area contributed by atoms with E-state index >= 15 is 0 Å².